The Hall–Kier alpha value is -3.64. The van der Waals surface area contributed by atoms with Crippen molar-refractivity contribution in [3.8, 4) is 22.8 Å². The van der Waals surface area contributed by atoms with Gasteiger partial charge in [0, 0.05) is 30.8 Å². The number of carbonyl (C=O) groups is 1. The molecule has 0 bridgehead atoms. The highest BCUT2D eigenvalue weighted by Gasteiger charge is 2.17. The summed E-state index contributed by atoms with van der Waals surface area (Å²) in [5.41, 5.74) is 4.08. The maximum absolute atomic E-state index is 12.4. The number of unbranched alkanes of at least 4 members (excludes halogenated alkanes) is 2. The van der Waals surface area contributed by atoms with Gasteiger partial charge in [-0.05, 0) is 64.5 Å². The molecule has 1 amide bonds. The summed E-state index contributed by atoms with van der Waals surface area (Å²) in [7, 11) is 5.84. The second-order valence-electron chi connectivity index (χ2n) is 9.38. The van der Waals surface area contributed by atoms with Crippen LogP contribution in [0.5, 0.6) is 5.75 Å². The summed E-state index contributed by atoms with van der Waals surface area (Å²) in [5, 5.41) is 0. The van der Waals surface area contributed by atoms with Crippen LogP contribution in [0.25, 0.3) is 28.1 Å². The first-order valence-electron chi connectivity index (χ1n) is 12.6. The van der Waals surface area contributed by atoms with Crippen molar-refractivity contribution in [1.82, 2.24) is 19.4 Å². The molecule has 6 nitrogen and oxygen atoms in total. The van der Waals surface area contributed by atoms with E-state index in [-0.39, 0.29) is 12.1 Å². The molecule has 1 heterocycles. The largest absolute Gasteiger partial charge is 0.494 e. The van der Waals surface area contributed by atoms with E-state index >= 15 is 0 Å². The molecule has 0 N–H and O–H groups in total. The van der Waals surface area contributed by atoms with E-state index < -0.39 is 0 Å². The molecule has 3 aromatic carbocycles. The third kappa shape index (κ3) is 5.94. The van der Waals surface area contributed by atoms with Gasteiger partial charge in [-0.1, -0.05) is 48.5 Å². The number of imidazole rings is 1. The maximum Gasteiger partial charge on any atom is 0.223 e. The molecule has 4 rings (SSSR count). The Labute approximate surface area is 214 Å². The zero-order valence-electron chi connectivity index (χ0n) is 21.7. The van der Waals surface area contributed by atoms with E-state index in [0.717, 1.165) is 53.1 Å². The van der Waals surface area contributed by atoms with Crippen LogP contribution in [0.2, 0.25) is 0 Å². The summed E-state index contributed by atoms with van der Waals surface area (Å²) in [6.07, 6.45) is 3.40. The number of para-hydroxylation sites is 1. The molecule has 0 fully saturated rings. The molecular weight excluding hydrogens is 448 g/mol. The van der Waals surface area contributed by atoms with Gasteiger partial charge in [-0.25, -0.2) is 4.98 Å². The van der Waals surface area contributed by atoms with Gasteiger partial charge in [0.1, 0.15) is 11.6 Å². The fourth-order valence-corrected chi connectivity index (χ4v) is 4.24. The molecule has 0 saturated carbocycles. The van der Waals surface area contributed by atoms with Crippen molar-refractivity contribution in [3.05, 3.63) is 78.9 Å². The van der Waals surface area contributed by atoms with E-state index in [9.17, 15) is 4.79 Å². The molecule has 0 spiro atoms. The lowest BCUT2D eigenvalue weighted by atomic mass is 10.2. The van der Waals surface area contributed by atoms with Crippen LogP contribution in [-0.4, -0.2) is 59.2 Å². The molecule has 6 heteroatoms. The highest BCUT2D eigenvalue weighted by atomic mass is 16.5. The molecule has 1 aromatic heterocycles. The Balaban J connectivity index is 1.41. The zero-order chi connectivity index (χ0) is 25.5. The first-order chi connectivity index (χ1) is 17.5. The number of amides is 1. The lowest BCUT2D eigenvalue weighted by Gasteiger charge is -2.30. The minimum atomic E-state index is 0.0995. The summed E-state index contributed by atoms with van der Waals surface area (Å²) >= 11 is 0. The normalized spacial score (nSPS) is 12.1. The van der Waals surface area contributed by atoms with Crippen molar-refractivity contribution in [1.29, 1.82) is 0 Å². The predicted molar refractivity (Wildman–Crippen MR) is 146 cm³/mol. The van der Waals surface area contributed by atoms with Gasteiger partial charge in [0.15, 0.2) is 0 Å². The van der Waals surface area contributed by atoms with Gasteiger partial charge in [-0.15, -0.1) is 0 Å². The standard InChI is InChI=1S/C30H36N4O2/c1-23(32(2)3)33(4)29(35)18-12-7-13-21-36-26-19-20-27-28(22-26)34(25-16-10-6-11-17-25)30(31-27)24-14-8-5-9-15-24/h5-6,8-11,14-17,19-20,22-23H,7,12-13,18,21H2,1-4H3. The van der Waals surface area contributed by atoms with Gasteiger partial charge in [0.2, 0.25) is 5.91 Å². The van der Waals surface area contributed by atoms with E-state index in [2.05, 4.69) is 34.9 Å². The lowest BCUT2D eigenvalue weighted by Crippen LogP contribution is -2.43. The van der Waals surface area contributed by atoms with Crippen molar-refractivity contribution in [3.63, 3.8) is 0 Å². The van der Waals surface area contributed by atoms with Crippen LogP contribution in [0.3, 0.4) is 0 Å². The Morgan fingerprint density at radius 3 is 2.31 bits per heavy atom. The second-order valence-corrected chi connectivity index (χ2v) is 9.38. The number of rotatable bonds is 11. The van der Waals surface area contributed by atoms with Crippen molar-refractivity contribution in [2.75, 3.05) is 27.7 Å². The SMILES string of the molecule is CC(N(C)C)N(C)C(=O)CCCCCOc1ccc2nc(-c3ccccc3)n(-c3ccccc3)c2c1. The van der Waals surface area contributed by atoms with Crippen LogP contribution in [-0.2, 0) is 4.79 Å². The summed E-state index contributed by atoms with van der Waals surface area (Å²) in [6, 6.07) is 26.6. The lowest BCUT2D eigenvalue weighted by molar-refractivity contribution is -0.134. The average molecular weight is 485 g/mol. The fourth-order valence-electron chi connectivity index (χ4n) is 4.24. The summed E-state index contributed by atoms with van der Waals surface area (Å²) < 4.78 is 8.29. The maximum atomic E-state index is 12.4. The number of nitrogens with zero attached hydrogens (tertiary/aromatic N) is 4. The number of hydrogen-bond donors (Lipinski definition) is 0. The topological polar surface area (TPSA) is 50.6 Å². The highest BCUT2D eigenvalue weighted by molar-refractivity contribution is 5.84. The summed E-state index contributed by atoms with van der Waals surface area (Å²) in [4.78, 5) is 21.2. The molecule has 1 unspecified atom stereocenters. The van der Waals surface area contributed by atoms with E-state index in [1.54, 1.807) is 0 Å². The molecule has 1 atom stereocenters. The smallest absolute Gasteiger partial charge is 0.223 e. The van der Waals surface area contributed by atoms with E-state index in [1.807, 2.05) is 86.4 Å². The Bertz CT molecular complexity index is 1270. The van der Waals surface area contributed by atoms with Gasteiger partial charge in [-0.3, -0.25) is 14.3 Å². The van der Waals surface area contributed by atoms with E-state index in [4.69, 9.17) is 9.72 Å². The van der Waals surface area contributed by atoms with E-state index in [0.29, 0.717) is 13.0 Å². The van der Waals surface area contributed by atoms with Crippen LogP contribution in [0, 0.1) is 0 Å². The van der Waals surface area contributed by atoms with Gasteiger partial charge >= 0.3 is 0 Å². The first kappa shape index (κ1) is 25.5. The van der Waals surface area contributed by atoms with Crippen LogP contribution in [0.4, 0.5) is 0 Å². The van der Waals surface area contributed by atoms with Gasteiger partial charge in [0.05, 0.1) is 23.8 Å². The molecule has 188 valence electrons. The Kier molecular flexibility index (Phi) is 8.39. The predicted octanol–water partition coefficient (Wildman–Crippen LogP) is 6.00. The van der Waals surface area contributed by atoms with Crippen molar-refractivity contribution in [2.45, 2.75) is 38.8 Å². The summed E-state index contributed by atoms with van der Waals surface area (Å²) in [6.45, 7) is 2.66. The molecule has 0 aliphatic carbocycles. The van der Waals surface area contributed by atoms with Gasteiger partial charge in [0.25, 0.3) is 0 Å². The molecular formula is C30H36N4O2. The number of aromatic nitrogens is 2. The van der Waals surface area contributed by atoms with Gasteiger partial charge < -0.3 is 9.64 Å². The van der Waals surface area contributed by atoms with Crippen molar-refractivity contribution < 1.29 is 9.53 Å². The first-order valence-corrected chi connectivity index (χ1v) is 12.6. The van der Waals surface area contributed by atoms with Gasteiger partial charge in [-0.2, -0.15) is 0 Å². The minimum Gasteiger partial charge on any atom is -0.494 e. The third-order valence-electron chi connectivity index (χ3n) is 6.68. The average Bonchev–Trinajstić information content (AvgIpc) is 3.29. The number of fused-ring (bicyclic) bond motifs is 1. The molecule has 0 aliphatic rings. The Morgan fingerprint density at radius 2 is 1.61 bits per heavy atom. The van der Waals surface area contributed by atoms with Crippen LogP contribution in [0.15, 0.2) is 78.9 Å². The Morgan fingerprint density at radius 1 is 0.917 bits per heavy atom. The monoisotopic (exact) mass is 484 g/mol. The highest BCUT2D eigenvalue weighted by Crippen LogP contribution is 2.30. The third-order valence-corrected chi connectivity index (χ3v) is 6.68. The molecule has 0 radical (unpaired) electrons. The fraction of sp³-hybridized carbons (Fsp3) is 0.333. The number of carbonyl (C=O) groups excluding carboxylic acids is 1. The quantitative estimate of drug-likeness (QED) is 0.194. The minimum absolute atomic E-state index is 0.0995. The molecule has 36 heavy (non-hydrogen) atoms. The second kappa shape index (κ2) is 11.9. The molecule has 0 saturated heterocycles. The zero-order valence-corrected chi connectivity index (χ0v) is 21.7. The van der Waals surface area contributed by atoms with Crippen molar-refractivity contribution in [2.24, 2.45) is 0 Å². The van der Waals surface area contributed by atoms with Crippen LogP contribution in [0.1, 0.15) is 32.6 Å². The summed E-state index contributed by atoms with van der Waals surface area (Å²) in [5.74, 6) is 1.92. The number of hydrogen-bond acceptors (Lipinski definition) is 4. The number of ether oxygens (including phenoxy) is 1. The van der Waals surface area contributed by atoms with Crippen LogP contribution >= 0.6 is 0 Å². The number of benzene rings is 3. The van der Waals surface area contributed by atoms with Crippen molar-refractivity contribution >= 4 is 16.9 Å². The molecule has 0 aliphatic heterocycles. The van der Waals surface area contributed by atoms with Crippen LogP contribution < -0.4 is 4.74 Å². The van der Waals surface area contributed by atoms with E-state index in [1.165, 1.54) is 0 Å². The molecule has 4 aromatic rings.